The molecule has 1 fully saturated rings. The van der Waals surface area contributed by atoms with Gasteiger partial charge in [0.25, 0.3) is 0 Å². The SMILES string of the molecule is O=C(O)CCCN1CCCC1CCOc1ccc(Oc2ccc(Cl)cc2)cc1. The number of hydrogen-bond acceptors (Lipinski definition) is 4. The fourth-order valence-electron chi connectivity index (χ4n) is 3.51. The largest absolute Gasteiger partial charge is 0.494 e. The topological polar surface area (TPSA) is 59.0 Å². The molecule has 1 atom stereocenters. The van der Waals surface area contributed by atoms with E-state index >= 15 is 0 Å². The van der Waals surface area contributed by atoms with E-state index in [0.717, 1.165) is 43.2 Å². The number of carboxylic acids is 1. The maximum Gasteiger partial charge on any atom is 0.303 e. The summed E-state index contributed by atoms with van der Waals surface area (Å²) in [5.41, 5.74) is 0. The standard InChI is InChI=1S/C22H26ClNO4/c23-17-5-7-20(8-6-17)28-21-11-9-19(10-12-21)27-16-13-18-3-1-14-24(18)15-2-4-22(25)26/h5-12,18H,1-4,13-16H2,(H,25,26). The Bertz CT molecular complexity index is 748. The van der Waals surface area contributed by atoms with E-state index in [0.29, 0.717) is 24.1 Å². The van der Waals surface area contributed by atoms with Gasteiger partial charge in [0, 0.05) is 17.5 Å². The molecule has 0 spiro atoms. The van der Waals surface area contributed by atoms with Gasteiger partial charge >= 0.3 is 5.97 Å². The van der Waals surface area contributed by atoms with Gasteiger partial charge < -0.3 is 19.5 Å². The average molecular weight is 404 g/mol. The second-order valence-corrected chi connectivity index (χ2v) is 7.43. The second kappa shape index (κ2) is 10.3. The van der Waals surface area contributed by atoms with Gasteiger partial charge in [0.1, 0.15) is 17.2 Å². The minimum atomic E-state index is -0.720. The molecular formula is C22H26ClNO4. The van der Waals surface area contributed by atoms with Gasteiger partial charge in [-0.2, -0.15) is 0 Å². The van der Waals surface area contributed by atoms with Crippen molar-refractivity contribution in [1.29, 1.82) is 0 Å². The summed E-state index contributed by atoms with van der Waals surface area (Å²) < 4.78 is 11.7. The summed E-state index contributed by atoms with van der Waals surface area (Å²) in [5, 5.41) is 9.46. The van der Waals surface area contributed by atoms with Crippen LogP contribution in [0.4, 0.5) is 0 Å². The van der Waals surface area contributed by atoms with Crippen LogP contribution in [0.2, 0.25) is 5.02 Å². The van der Waals surface area contributed by atoms with E-state index in [1.807, 2.05) is 36.4 Å². The predicted molar refractivity (Wildman–Crippen MR) is 110 cm³/mol. The van der Waals surface area contributed by atoms with Gasteiger partial charge in [0.15, 0.2) is 0 Å². The molecule has 0 bridgehead atoms. The van der Waals surface area contributed by atoms with Crippen molar-refractivity contribution in [2.24, 2.45) is 0 Å². The highest BCUT2D eigenvalue weighted by atomic mass is 35.5. The van der Waals surface area contributed by atoms with Crippen LogP contribution >= 0.6 is 11.6 Å². The highest BCUT2D eigenvalue weighted by Gasteiger charge is 2.23. The molecule has 1 heterocycles. The lowest BCUT2D eigenvalue weighted by Crippen LogP contribution is -2.31. The smallest absolute Gasteiger partial charge is 0.303 e. The monoisotopic (exact) mass is 403 g/mol. The lowest BCUT2D eigenvalue weighted by Gasteiger charge is -2.24. The van der Waals surface area contributed by atoms with Gasteiger partial charge in [-0.1, -0.05) is 11.6 Å². The minimum Gasteiger partial charge on any atom is -0.494 e. The van der Waals surface area contributed by atoms with Crippen molar-refractivity contribution < 1.29 is 19.4 Å². The number of aliphatic carboxylic acids is 1. The molecule has 3 rings (SSSR count). The lowest BCUT2D eigenvalue weighted by molar-refractivity contribution is -0.137. The third-order valence-corrected chi connectivity index (χ3v) is 5.18. The van der Waals surface area contributed by atoms with Gasteiger partial charge in [0.05, 0.1) is 6.61 Å². The fraction of sp³-hybridized carbons (Fsp3) is 0.409. The Labute approximate surface area is 170 Å². The van der Waals surface area contributed by atoms with E-state index in [4.69, 9.17) is 26.2 Å². The summed E-state index contributed by atoms with van der Waals surface area (Å²) in [6, 6.07) is 15.3. The van der Waals surface area contributed by atoms with Crippen LogP contribution < -0.4 is 9.47 Å². The van der Waals surface area contributed by atoms with Crippen molar-refractivity contribution in [2.45, 2.75) is 38.1 Å². The third kappa shape index (κ3) is 6.43. The first-order valence-electron chi connectivity index (χ1n) is 9.72. The number of nitrogens with zero attached hydrogens (tertiary/aromatic N) is 1. The Kier molecular flexibility index (Phi) is 7.57. The van der Waals surface area contributed by atoms with Crippen LogP contribution in [-0.2, 0) is 4.79 Å². The van der Waals surface area contributed by atoms with Crippen LogP contribution in [0.1, 0.15) is 32.1 Å². The van der Waals surface area contributed by atoms with Gasteiger partial charge in [-0.15, -0.1) is 0 Å². The summed E-state index contributed by atoms with van der Waals surface area (Å²) >= 11 is 5.88. The molecule has 1 saturated heterocycles. The summed E-state index contributed by atoms with van der Waals surface area (Å²) in [4.78, 5) is 13.1. The van der Waals surface area contributed by atoms with Crippen LogP contribution in [0.15, 0.2) is 48.5 Å². The van der Waals surface area contributed by atoms with E-state index in [1.165, 1.54) is 6.42 Å². The number of carboxylic acid groups (broad SMARTS) is 1. The molecule has 2 aromatic carbocycles. The van der Waals surface area contributed by atoms with Crippen molar-refractivity contribution in [1.82, 2.24) is 4.90 Å². The summed E-state index contributed by atoms with van der Waals surface area (Å²) in [7, 11) is 0. The van der Waals surface area contributed by atoms with E-state index in [-0.39, 0.29) is 6.42 Å². The first kappa shape index (κ1) is 20.5. The van der Waals surface area contributed by atoms with Gasteiger partial charge in [-0.3, -0.25) is 4.79 Å². The average Bonchev–Trinajstić information content (AvgIpc) is 3.12. The quantitative estimate of drug-likeness (QED) is 0.588. The maximum absolute atomic E-state index is 10.7. The molecule has 0 aromatic heterocycles. The molecule has 0 amide bonds. The molecule has 1 unspecified atom stereocenters. The van der Waals surface area contributed by atoms with Crippen molar-refractivity contribution in [3.05, 3.63) is 53.6 Å². The van der Waals surface area contributed by atoms with Crippen LogP contribution in [0.25, 0.3) is 0 Å². The van der Waals surface area contributed by atoms with Gasteiger partial charge in [-0.05, 0) is 87.3 Å². The van der Waals surface area contributed by atoms with Crippen molar-refractivity contribution in [3.8, 4) is 17.2 Å². The van der Waals surface area contributed by atoms with Gasteiger partial charge in [0.2, 0.25) is 0 Å². The summed E-state index contributed by atoms with van der Waals surface area (Å²) in [6.07, 6.45) is 4.24. The Balaban J connectivity index is 1.41. The second-order valence-electron chi connectivity index (χ2n) is 6.99. The lowest BCUT2D eigenvalue weighted by atomic mass is 10.1. The number of hydrogen-bond donors (Lipinski definition) is 1. The van der Waals surface area contributed by atoms with E-state index in [1.54, 1.807) is 12.1 Å². The van der Waals surface area contributed by atoms with E-state index in [9.17, 15) is 4.79 Å². The number of rotatable bonds is 10. The highest BCUT2D eigenvalue weighted by molar-refractivity contribution is 6.30. The van der Waals surface area contributed by atoms with Crippen molar-refractivity contribution >= 4 is 17.6 Å². The maximum atomic E-state index is 10.7. The predicted octanol–water partition coefficient (Wildman–Crippen LogP) is 5.23. The third-order valence-electron chi connectivity index (χ3n) is 4.93. The van der Waals surface area contributed by atoms with Crippen LogP contribution in [-0.4, -0.2) is 41.7 Å². The first-order chi connectivity index (χ1) is 13.6. The molecule has 0 radical (unpaired) electrons. The molecule has 5 nitrogen and oxygen atoms in total. The van der Waals surface area contributed by atoms with Gasteiger partial charge in [-0.25, -0.2) is 0 Å². The van der Waals surface area contributed by atoms with Crippen molar-refractivity contribution in [2.75, 3.05) is 19.7 Å². The molecule has 1 aliphatic heterocycles. The number of ether oxygens (including phenoxy) is 2. The first-order valence-corrected chi connectivity index (χ1v) is 10.1. The van der Waals surface area contributed by atoms with E-state index < -0.39 is 5.97 Å². The van der Waals surface area contributed by atoms with Crippen molar-refractivity contribution in [3.63, 3.8) is 0 Å². The van der Waals surface area contributed by atoms with Crippen LogP contribution in [0, 0.1) is 0 Å². The fourth-order valence-corrected chi connectivity index (χ4v) is 3.63. The molecule has 150 valence electrons. The number of carbonyl (C=O) groups is 1. The highest BCUT2D eigenvalue weighted by Crippen LogP contribution is 2.26. The molecule has 28 heavy (non-hydrogen) atoms. The Morgan fingerprint density at radius 1 is 1.07 bits per heavy atom. The Hall–Kier alpha value is -2.24. The number of likely N-dealkylation sites (tertiary alicyclic amines) is 1. The minimum absolute atomic E-state index is 0.240. The molecule has 0 saturated carbocycles. The zero-order chi connectivity index (χ0) is 19.8. The Morgan fingerprint density at radius 3 is 2.39 bits per heavy atom. The summed E-state index contributed by atoms with van der Waals surface area (Å²) in [6.45, 7) is 2.56. The molecule has 1 N–H and O–H groups in total. The van der Waals surface area contributed by atoms with Crippen LogP contribution in [0.5, 0.6) is 17.2 Å². The normalized spacial score (nSPS) is 16.8. The Morgan fingerprint density at radius 2 is 1.71 bits per heavy atom. The zero-order valence-electron chi connectivity index (χ0n) is 15.9. The number of benzene rings is 2. The molecule has 1 aliphatic rings. The summed E-state index contributed by atoms with van der Waals surface area (Å²) in [5.74, 6) is 1.58. The number of halogens is 1. The molecule has 0 aliphatic carbocycles. The zero-order valence-corrected chi connectivity index (χ0v) is 16.6. The van der Waals surface area contributed by atoms with E-state index in [2.05, 4.69) is 4.90 Å². The molecule has 6 heteroatoms. The molecular weight excluding hydrogens is 378 g/mol. The molecule has 2 aromatic rings. The van der Waals surface area contributed by atoms with Crippen LogP contribution in [0.3, 0.4) is 0 Å².